The van der Waals surface area contributed by atoms with Gasteiger partial charge in [-0.3, -0.25) is 0 Å². The molecule has 0 aliphatic rings. The molecule has 0 saturated heterocycles. The predicted octanol–water partition coefficient (Wildman–Crippen LogP) is 2.13. The molecular formula is C10H12NO2S+. The molecule has 14 heavy (non-hydrogen) atoms. The number of thiol groups is 1. The van der Waals surface area contributed by atoms with Crippen LogP contribution in [0.15, 0.2) is 12.1 Å². The van der Waals surface area contributed by atoms with Crippen molar-refractivity contribution in [1.82, 2.24) is 5.48 Å². The van der Waals surface area contributed by atoms with Gasteiger partial charge in [-0.1, -0.05) is 6.07 Å². The minimum atomic E-state index is -0.402. The Kier molecular flexibility index (Phi) is 3.69. The molecule has 2 radical (unpaired) electrons. The average molecular weight is 210 g/mol. The number of carbonyl (C=O) groups is 1. The summed E-state index contributed by atoms with van der Waals surface area (Å²) in [6, 6.07) is 3.64. The molecule has 3 nitrogen and oxygen atoms in total. The Hall–Kier alpha value is -0.840. The molecule has 1 aromatic carbocycles. The molecule has 0 aromatic heterocycles. The average Bonchev–Trinajstić information content (AvgIpc) is 2.15. The number of aryl methyl sites for hydroxylation is 1. The third kappa shape index (κ3) is 2.15. The summed E-state index contributed by atoms with van der Waals surface area (Å²) in [6.07, 6.45) is 0. The molecule has 0 heterocycles. The highest BCUT2D eigenvalue weighted by atomic mass is 32.1. The van der Waals surface area contributed by atoms with E-state index in [1.54, 1.807) is 6.07 Å². The lowest BCUT2D eigenvalue weighted by molar-refractivity contribution is 0.0786. The Balaban J connectivity index is 3.11. The molecule has 1 aromatic rings. The lowest BCUT2D eigenvalue weighted by Crippen LogP contribution is -2.14. The van der Waals surface area contributed by atoms with Crippen LogP contribution >= 0.6 is 12.9 Å². The number of carbonyl (C=O) groups excluding carboxylic acids is 1. The monoisotopic (exact) mass is 210 g/mol. The van der Waals surface area contributed by atoms with Crippen molar-refractivity contribution in [2.75, 3.05) is 0 Å². The highest BCUT2D eigenvalue weighted by Crippen LogP contribution is 2.17. The van der Waals surface area contributed by atoms with Crippen LogP contribution in [0.5, 0.6) is 0 Å². The lowest BCUT2D eigenvalue weighted by atomic mass is 9.99. The first kappa shape index (κ1) is 11.2. The second-order valence-corrected chi connectivity index (χ2v) is 3.32. The zero-order chi connectivity index (χ0) is 10.7. The van der Waals surface area contributed by atoms with Crippen LogP contribution in [-0.2, 0) is 4.28 Å². The van der Waals surface area contributed by atoms with Crippen molar-refractivity contribution in [2.24, 2.45) is 0 Å². The van der Waals surface area contributed by atoms with Gasteiger partial charge in [-0.25, -0.2) is 4.79 Å². The van der Waals surface area contributed by atoms with Gasteiger partial charge in [0.05, 0.1) is 18.5 Å². The van der Waals surface area contributed by atoms with Crippen molar-refractivity contribution in [1.29, 1.82) is 0 Å². The van der Waals surface area contributed by atoms with Gasteiger partial charge in [0.25, 0.3) is 0 Å². The third-order valence-electron chi connectivity index (χ3n) is 2.41. The summed E-state index contributed by atoms with van der Waals surface area (Å²) < 4.78 is 4.15. The van der Waals surface area contributed by atoms with Crippen molar-refractivity contribution in [3.05, 3.63) is 34.4 Å². The summed E-state index contributed by atoms with van der Waals surface area (Å²) in [7, 11) is 0. The Labute approximate surface area is 89.0 Å². The van der Waals surface area contributed by atoms with Crippen molar-refractivity contribution in [3.63, 3.8) is 0 Å². The van der Waals surface area contributed by atoms with E-state index in [9.17, 15) is 4.79 Å². The second kappa shape index (κ2) is 4.59. The Morgan fingerprint density at radius 1 is 1.29 bits per heavy atom. The Morgan fingerprint density at radius 2 is 1.93 bits per heavy atom. The van der Waals surface area contributed by atoms with Crippen LogP contribution in [0, 0.1) is 20.8 Å². The van der Waals surface area contributed by atoms with E-state index < -0.39 is 5.91 Å². The van der Waals surface area contributed by atoms with Crippen molar-refractivity contribution >= 4 is 18.8 Å². The van der Waals surface area contributed by atoms with Crippen LogP contribution in [0.25, 0.3) is 0 Å². The first-order chi connectivity index (χ1) is 6.57. The van der Waals surface area contributed by atoms with Gasteiger partial charge in [0, 0.05) is 0 Å². The summed E-state index contributed by atoms with van der Waals surface area (Å²) >= 11 is 3.40. The molecule has 0 fully saturated rings. The summed E-state index contributed by atoms with van der Waals surface area (Å²) in [5.74, 6) is -0.402. The summed E-state index contributed by atoms with van der Waals surface area (Å²) in [4.78, 5) is 11.4. The highest BCUT2D eigenvalue weighted by molar-refractivity contribution is 7.75. The molecule has 0 aliphatic carbocycles. The number of nitrogens with zero attached hydrogens (tertiary/aromatic N) is 1. The van der Waals surface area contributed by atoms with E-state index in [2.05, 4.69) is 22.7 Å². The van der Waals surface area contributed by atoms with Gasteiger partial charge in [-0.05, 0) is 47.8 Å². The zero-order valence-electron chi connectivity index (χ0n) is 8.37. The molecule has 1 amide bonds. The van der Waals surface area contributed by atoms with Crippen LogP contribution in [0.4, 0.5) is 0 Å². The largest absolute Gasteiger partial charge is 0.503 e. The van der Waals surface area contributed by atoms with E-state index in [0.29, 0.717) is 5.56 Å². The fraction of sp³-hybridized carbons (Fsp3) is 0.300. The van der Waals surface area contributed by atoms with E-state index in [4.69, 9.17) is 0 Å². The van der Waals surface area contributed by atoms with Gasteiger partial charge < -0.3 is 0 Å². The number of benzene rings is 1. The van der Waals surface area contributed by atoms with Crippen molar-refractivity contribution < 1.29 is 9.08 Å². The molecule has 0 aliphatic heterocycles. The molecule has 1 rings (SSSR count). The maximum absolute atomic E-state index is 11.4. The van der Waals surface area contributed by atoms with E-state index in [-0.39, 0.29) is 0 Å². The standard InChI is InChI=1S/C10H12NO2S/c1-6-4-5-9(8(3)7(6)2)10(12)11-13-14/h4-5,14H,1-3H3/q+1. The fourth-order valence-corrected chi connectivity index (χ4v) is 1.35. The second-order valence-electron chi connectivity index (χ2n) is 3.16. The van der Waals surface area contributed by atoms with Gasteiger partial charge >= 0.3 is 11.4 Å². The molecule has 0 atom stereocenters. The summed E-state index contributed by atoms with van der Waals surface area (Å²) in [5.41, 5.74) is 7.00. The van der Waals surface area contributed by atoms with Crippen LogP contribution in [0.3, 0.4) is 0 Å². The number of hydrogen-bond acceptors (Lipinski definition) is 3. The molecule has 0 unspecified atom stereocenters. The topological polar surface area (TPSA) is 40.4 Å². The number of hydrogen-bond donors (Lipinski definition) is 1. The van der Waals surface area contributed by atoms with E-state index in [1.165, 1.54) is 0 Å². The van der Waals surface area contributed by atoms with Gasteiger partial charge in [-0.2, -0.15) is 0 Å². The zero-order valence-corrected chi connectivity index (χ0v) is 9.26. The molecule has 0 spiro atoms. The number of amides is 1. The quantitative estimate of drug-likeness (QED) is 0.461. The minimum Gasteiger partial charge on any atom is -0.208 e. The third-order valence-corrected chi connectivity index (χ3v) is 2.49. The van der Waals surface area contributed by atoms with E-state index in [1.807, 2.05) is 26.8 Å². The molecule has 0 bridgehead atoms. The number of rotatable bonds is 2. The van der Waals surface area contributed by atoms with Crippen LogP contribution in [-0.4, -0.2) is 5.91 Å². The first-order valence-corrected chi connectivity index (χ1v) is 4.57. The van der Waals surface area contributed by atoms with Crippen LogP contribution in [0.2, 0.25) is 0 Å². The van der Waals surface area contributed by atoms with Crippen molar-refractivity contribution in [3.8, 4) is 0 Å². The van der Waals surface area contributed by atoms with Crippen LogP contribution < -0.4 is 5.48 Å². The maximum Gasteiger partial charge on any atom is 0.503 e. The molecular weight excluding hydrogens is 198 g/mol. The maximum atomic E-state index is 11.4. The first-order valence-electron chi connectivity index (χ1n) is 4.20. The molecule has 74 valence electrons. The molecule has 0 saturated carbocycles. The minimum absolute atomic E-state index is 0.402. The normalized spacial score (nSPS) is 10.3. The van der Waals surface area contributed by atoms with Gasteiger partial charge in [0.15, 0.2) is 0 Å². The smallest absolute Gasteiger partial charge is 0.208 e. The molecule has 4 heteroatoms. The molecule has 0 N–H and O–H groups in total. The summed E-state index contributed by atoms with van der Waals surface area (Å²) in [5, 5.41) is 0. The lowest BCUT2D eigenvalue weighted by Gasteiger charge is -2.04. The Morgan fingerprint density at radius 3 is 2.50 bits per heavy atom. The summed E-state index contributed by atoms with van der Waals surface area (Å²) in [6.45, 7) is 5.87. The predicted molar refractivity (Wildman–Crippen MR) is 57.2 cm³/mol. The van der Waals surface area contributed by atoms with Gasteiger partial charge in [-0.15, -0.1) is 0 Å². The number of hydroxylamine groups is 1. The van der Waals surface area contributed by atoms with Crippen molar-refractivity contribution in [2.45, 2.75) is 20.8 Å². The highest BCUT2D eigenvalue weighted by Gasteiger charge is 2.26. The van der Waals surface area contributed by atoms with Crippen LogP contribution in [0.1, 0.15) is 27.0 Å². The van der Waals surface area contributed by atoms with E-state index >= 15 is 0 Å². The van der Waals surface area contributed by atoms with Gasteiger partial charge in [0.2, 0.25) is 0 Å². The van der Waals surface area contributed by atoms with Gasteiger partial charge in [0.1, 0.15) is 0 Å². The van der Waals surface area contributed by atoms with E-state index in [0.717, 1.165) is 16.7 Å². The SMILES string of the molecule is Cc1ccc(C(=O)[N+]OS)c(C)c1C. The fourth-order valence-electron chi connectivity index (χ4n) is 1.27. The Bertz CT molecular complexity index is 363.